The summed E-state index contributed by atoms with van der Waals surface area (Å²) in [6.45, 7) is 6.43. The van der Waals surface area contributed by atoms with Crippen molar-refractivity contribution in [2.24, 2.45) is 0 Å². The quantitative estimate of drug-likeness (QED) is 0.838. The van der Waals surface area contributed by atoms with Crippen molar-refractivity contribution < 1.29 is 5.11 Å². The van der Waals surface area contributed by atoms with Crippen LogP contribution in [0.5, 0.6) is 0 Å². The van der Waals surface area contributed by atoms with Crippen molar-refractivity contribution in [2.75, 3.05) is 7.05 Å². The van der Waals surface area contributed by atoms with Crippen molar-refractivity contribution in [3.8, 4) is 0 Å². The molecule has 2 unspecified atom stereocenters. The predicted octanol–water partition coefficient (Wildman–Crippen LogP) is 3.06. The van der Waals surface area contributed by atoms with E-state index in [1.54, 1.807) is 0 Å². The van der Waals surface area contributed by atoms with Gasteiger partial charge >= 0.3 is 0 Å². The fraction of sp³-hybridized carbons (Fsp3) is 0.647. The average Bonchev–Trinajstić information content (AvgIpc) is 2.59. The molecule has 1 aromatic rings. The van der Waals surface area contributed by atoms with Gasteiger partial charge in [-0.25, -0.2) is 0 Å². The number of piperidine rings is 1. The van der Waals surface area contributed by atoms with E-state index >= 15 is 0 Å². The van der Waals surface area contributed by atoms with Crippen molar-refractivity contribution >= 4 is 0 Å². The largest absolute Gasteiger partial charge is 0.385 e. The molecule has 0 aliphatic carbocycles. The summed E-state index contributed by atoms with van der Waals surface area (Å²) in [5, 5.41) is 11.2. The lowest BCUT2D eigenvalue weighted by Crippen LogP contribution is -2.47. The zero-order valence-electron chi connectivity index (χ0n) is 12.5. The minimum atomic E-state index is -0.610. The number of aliphatic hydroxyl groups is 1. The number of fused-ring (bicyclic) bond motifs is 2. The Kier molecular flexibility index (Phi) is 2.99. The maximum atomic E-state index is 11.2. The third-order valence-electron chi connectivity index (χ3n) is 5.47. The zero-order valence-corrected chi connectivity index (χ0v) is 12.5. The van der Waals surface area contributed by atoms with E-state index in [1.807, 2.05) is 0 Å². The highest BCUT2D eigenvalue weighted by atomic mass is 16.3. The first kappa shape index (κ1) is 13.1. The molecule has 2 heteroatoms. The van der Waals surface area contributed by atoms with E-state index in [1.165, 1.54) is 35.1 Å². The summed E-state index contributed by atoms with van der Waals surface area (Å²) in [6.07, 6.45) is 4.27. The maximum Gasteiger partial charge on any atom is 0.0929 e. The Bertz CT molecular complexity index is 494. The number of aryl methyl sites for hydroxylation is 3. The van der Waals surface area contributed by atoms with Gasteiger partial charge in [-0.2, -0.15) is 0 Å². The summed E-state index contributed by atoms with van der Waals surface area (Å²) >= 11 is 0. The monoisotopic (exact) mass is 259 g/mol. The third kappa shape index (κ3) is 2.02. The zero-order chi connectivity index (χ0) is 13.8. The Labute approximate surface area is 116 Å². The van der Waals surface area contributed by atoms with Gasteiger partial charge in [0, 0.05) is 12.1 Å². The van der Waals surface area contributed by atoms with Gasteiger partial charge in [-0.1, -0.05) is 12.1 Å². The Morgan fingerprint density at radius 3 is 2.11 bits per heavy atom. The maximum absolute atomic E-state index is 11.2. The van der Waals surface area contributed by atoms with Crippen molar-refractivity contribution in [2.45, 2.75) is 64.1 Å². The first-order valence-corrected chi connectivity index (χ1v) is 7.43. The second-order valence-electron chi connectivity index (χ2n) is 6.74. The van der Waals surface area contributed by atoms with E-state index in [4.69, 9.17) is 0 Å². The number of nitrogens with zero attached hydrogens (tertiary/aromatic N) is 1. The lowest BCUT2D eigenvalue weighted by Gasteiger charge is -2.43. The molecule has 1 N–H and O–H groups in total. The second-order valence-corrected chi connectivity index (χ2v) is 6.74. The van der Waals surface area contributed by atoms with E-state index in [9.17, 15) is 5.11 Å². The van der Waals surface area contributed by atoms with Gasteiger partial charge in [-0.05, 0) is 75.8 Å². The van der Waals surface area contributed by atoms with Crippen LogP contribution in [0.4, 0.5) is 0 Å². The summed E-state index contributed by atoms with van der Waals surface area (Å²) in [7, 11) is 2.22. The van der Waals surface area contributed by atoms with Gasteiger partial charge in [0.25, 0.3) is 0 Å². The fourth-order valence-corrected chi connectivity index (χ4v) is 4.13. The molecule has 104 valence electrons. The molecule has 2 nitrogen and oxygen atoms in total. The summed E-state index contributed by atoms with van der Waals surface area (Å²) in [5.74, 6) is 0. The van der Waals surface area contributed by atoms with Gasteiger partial charge in [0.1, 0.15) is 0 Å². The van der Waals surface area contributed by atoms with Crippen molar-refractivity contribution in [3.05, 3.63) is 34.4 Å². The van der Waals surface area contributed by atoms with Crippen LogP contribution in [0.15, 0.2) is 12.1 Å². The molecule has 0 saturated carbocycles. The topological polar surface area (TPSA) is 23.5 Å². The standard InChI is InChI=1S/C17H25NO/c1-11-7-13(3)16(8-12(11)2)17(19)9-14-5-6-15(10-17)18(14)4/h7-8,14-15,19H,5-6,9-10H2,1-4H3. The third-order valence-corrected chi connectivity index (χ3v) is 5.47. The van der Waals surface area contributed by atoms with E-state index < -0.39 is 5.60 Å². The Morgan fingerprint density at radius 2 is 1.53 bits per heavy atom. The minimum absolute atomic E-state index is 0.560. The van der Waals surface area contributed by atoms with Crippen LogP contribution in [0.1, 0.15) is 47.9 Å². The highest BCUT2D eigenvalue weighted by Crippen LogP contribution is 2.45. The molecule has 2 bridgehead atoms. The number of hydrogen-bond acceptors (Lipinski definition) is 2. The summed E-state index contributed by atoms with van der Waals surface area (Å²) in [4.78, 5) is 2.48. The molecule has 2 aliphatic rings. The lowest BCUT2D eigenvalue weighted by molar-refractivity contribution is -0.0497. The second kappa shape index (κ2) is 4.32. The Balaban J connectivity index is 2.00. The molecule has 2 atom stereocenters. The molecule has 0 spiro atoms. The van der Waals surface area contributed by atoms with E-state index in [0.29, 0.717) is 12.1 Å². The molecule has 3 rings (SSSR count). The average molecular weight is 259 g/mol. The van der Waals surface area contributed by atoms with Crippen LogP contribution in [-0.2, 0) is 5.60 Å². The smallest absolute Gasteiger partial charge is 0.0929 e. The van der Waals surface area contributed by atoms with E-state index in [2.05, 4.69) is 44.9 Å². The molecular formula is C17H25NO. The van der Waals surface area contributed by atoms with Crippen LogP contribution in [0, 0.1) is 20.8 Å². The SMILES string of the molecule is Cc1cc(C)c(C2(O)CC3CCC(C2)N3C)cc1C. The lowest BCUT2D eigenvalue weighted by atomic mass is 9.78. The van der Waals surface area contributed by atoms with Gasteiger partial charge < -0.3 is 10.0 Å². The molecule has 2 aliphatic heterocycles. The van der Waals surface area contributed by atoms with Crippen molar-refractivity contribution in [3.63, 3.8) is 0 Å². The molecule has 19 heavy (non-hydrogen) atoms. The van der Waals surface area contributed by atoms with Gasteiger partial charge in [0.15, 0.2) is 0 Å². The highest BCUT2D eigenvalue weighted by Gasteiger charge is 2.47. The Hall–Kier alpha value is -0.860. The number of rotatable bonds is 1. The predicted molar refractivity (Wildman–Crippen MR) is 78.4 cm³/mol. The summed E-state index contributed by atoms with van der Waals surface area (Å²) < 4.78 is 0. The normalized spacial score (nSPS) is 34.8. The highest BCUT2D eigenvalue weighted by molar-refractivity contribution is 5.40. The van der Waals surface area contributed by atoms with Gasteiger partial charge in [-0.15, -0.1) is 0 Å². The van der Waals surface area contributed by atoms with E-state index in [-0.39, 0.29) is 0 Å². The molecule has 0 amide bonds. The molecule has 0 aromatic heterocycles. The van der Waals surface area contributed by atoms with Crippen LogP contribution in [0.25, 0.3) is 0 Å². The fourth-order valence-electron chi connectivity index (χ4n) is 4.13. The van der Waals surface area contributed by atoms with Crippen molar-refractivity contribution in [1.82, 2.24) is 4.90 Å². The molecular weight excluding hydrogens is 234 g/mol. The van der Waals surface area contributed by atoms with Crippen LogP contribution >= 0.6 is 0 Å². The molecule has 1 aromatic carbocycles. The van der Waals surface area contributed by atoms with Gasteiger partial charge in [0.05, 0.1) is 5.60 Å². The molecule has 0 radical (unpaired) electrons. The Morgan fingerprint density at radius 1 is 1.00 bits per heavy atom. The van der Waals surface area contributed by atoms with E-state index in [0.717, 1.165) is 12.8 Å². The molecule has 2 saturated heterocycles. The van der Waals surface area contributed by atoms with Crippen molar-refractivity contribution in [1.29, 1.82) is 0 Å². The minimum Gasteiger partial charge on any atom is -0.385 e. The van der Waals surface area contributed by atoms with Gasteiger partial charge in [-0.3, -0.25) is 0 Å². The van der Waals surface area contributed by atoms with Crippen LogP contribution < -0.4 is 0 Å². The van der Waals surface area contributed by atoms with Crippen LogP contribution in [0.2, 0.25) is 0 Å². The number of hydrogen-bond donors (Lipinski definition) is 1. The first-order valence-electron chi connectivity index (χ1n) is 7.43. The molecule has 2 fully saturated rings. The van der Waals surface area contributed by atoms with Crippen LogP contribution in [0.3, 0.4) is 0 Å². The molecule has 2 heterocycles. The first-order chi connectivity index (χ1) is 8.90. The van der Waals surface area contributed by atoms with Crippen LogP contribution in [-0.4, -0.2) is 29.1 Å². The summed E-state index contributed by atoms with van der Waals surface area (Å²) in [6, 6.07) is 5.56. The summed E-state index contributed by atoms with van der Waals surface area (Å²) in [5.41, 5.74) is 4.41. The van der Waals surface area contributed by atoms with Gasteiger partial charge in [0.2, 0.25) is 0 Å². The number of benzene rings is 1.